The SMILES string of the molecule is Nc1nc(Cl)cc(NCCc2ccc3c(c2)OCO3)n1. The van der Waals surface area contributed by atoms with Crippen molar-refractivity contribution >= 4 is 23.4 Å². The highest BCUT2D eigenvalue weighted by Gasteiger charge is 2.12. The third-order valence-corrected chi connectivity index (χ3v) is 3.06. The molecule has 0 spiro atoms. The van der Waals surface area contributed by atoms with E-state index < -0.39 is 0 Å². The van der Waals surface area contributed by atoms with Gasteiger partial charge in [0, 0.05) is 12.6 Å². The molecule has 1 aromatic heterocycles. The summed E-state index contributed by atoms with van der Waals surface area (Å²) in [5.74, 6) is 2.35. The molecule has 3 rings (SSSR count). The molecule has 1 aliphatic heterocycles. The molecule has 0 saturated carbocycles. The van der Waals surface area contributed by atoms with Crippen LogP contribution < -0.4 is 20.5 Å². The molecule has 1 aromatic carbocycles. The van der Waals surface area contributed by atoms with Crippen LogP contribution in [0.2, 0.25) is 5.15 Å². The van der Waals surface area contributed by atoms with Crippen LogP contribution in [-0.4, -0.2) is 23.3 Å². The first kappa shape index (κ1) is 12.8. The molecule has 104 valence electrons. The predicted octanol–water partition coefficient (Wildman–Crippen LogP) is 2.10. The molecule has 0 amide bonds. The van der Waals surface area contributed by atoms with Gasteiger partial charge in [-0.25, -0.2) is 4.98 Å². The average Bonchev–Trinajstić information content (AvgIpc) is 2.85. The number of nitrogens with two attached hydrogens (primary N) is 1. The van der Waals surface area contributed by atoms with Crippen molar-refractivity contribution in [3.8, 4) is 11.5 Å². The summed E-state index contributed by atoms with van der Waals surface area (Å²) in [4.78, 5) is 7.85. The molecular weight excluding hydrogens is 280 g/mol. The second-order valence-electron chi connectivity index (χ2n) is 4.30. The van der Waals surface area contributed by atoms with Gasteiger partial charge in [-0.05, 0) is 24.1 Å². The second kappa shape index (κ2) is 5.42. The Bertz CT molecular complexity index is 616. The smallest absolute Gasteiger partial charge is 0.231 e. The number of anilines is 2. The van der Waals surface area contributed by atoms with Crippen molar-refractivity contribution in [2.24, 2.45) is 0 Å². The minimum absolute atomic E-state index is 0.156. The van der Waals surface area contributed by atoms with E-state index in [2.05, 4.69) is 15.3 Å². The molecule has 0 unspecified atom stereocenters. The van der Waals surface area contributed by atoms with E-state index in [1.165, 1.54) is 0 Å². The van der Waals surface area contributed by atoms with Gasteiger partial charge in [-0.2, -0.15) is 4.98 Å². The quantitative estimate of drug-likeness (QED) is 0.840. The highest BCUT2D eigenvalue weighted by Crippen LogP contribution is 2.32. The van der Waals surface area contributed by atoms with Gasteiger partial charge in [-0.1, -0.05) is 17.7 Å². The zero-order chi connectivity index (χ0) is 13.9. The number of rotatable bonds is 4. The Labute approximate surface area is 120 Å². The Morgan fingerprint density at radius 3 is 2.90 bits per heavy atom. The Kier molecular flexibility index (Phi) is 3.47. The fourth-order valence-electron chi connectivity index (χ4n) is 1.96. The van der Waals surface area contributed by atoms with Gasteiger partial charge < -0.3 is 20.5 Å². The van der Waals surface area contributed by atoms with Crippen LogP contribution in [0.25, 0.3) is 0 Å². The highest BCUT2D eigenvalue weighted by molar-refractivity contribution is 6.29. The molecule has 0 atom stereocenters. The normalized spacial score (nSPS) is 12.4. The number of benzene rings is 1. The fraction of sp³-hybridized carbons (Fsp3) is 0.231. The van der Waals surface area contributed by atoms with Crippen LogP contribution in [0.4, 0.5) is 11.8 Å². The number of nitrogens with zero attached hydrogens (tertiary/aromatic N) is 2. The van der Waals surface area contributed by atoms with Gasteiger partial charge in [-0.15, -0.1) is 0 Å². The van der Waals surface area contributed by atoms with Gasteiger partial charge in [0.25, 0.3) is 0 Å². The van der Waals surface area contributed by atoms with Crippen LogP contribution in [0.15, 0.2) is 24.3 Å². The summed E-state index contributed by atoms with van der Waals surface area (Å²) < 4.78 is 10.6. The van der Waals surface area contributed by atoms with Gasteiger partial charge in [0.15, 0.2) is 11.5 Å². The van der Waals surface area contributed by atoms with Crippen molar-refractivity contribution in [1.29, 1.82) is 0 Å². The number of fused-ring (bicyclic) bond motifs is 1. The number of nitrogens with one attached hydrogen (secondary N) is 1. The monoisotopic (exact) mass is 292 g/mol. The standard InChI is InChI=1S/C13H13ClN4O2/c14-11-6-12(18-13(15)17-11)16-4-3-8-1-2-9-10(5-8)20-7-19-9/h1-2,5-6H,3-4,7H2,(H3,15,16,17,18). The summed E-state index contributed by atoms with van der Waals surface area (Å²) in [6, 6.07) is 7.54. The van der Waals surface area contributed by atoms with Gasteiger partial charge in [0.05, 0.1) is 0 Å². The maximum Gasteiger partial charge on any atom is 0.231 e. The second-order valence-corrected chi connectivity index (χ2v) is 4.69. The molecule has 6 nitrogen and oxygen atoms in total. The zero-order valence-corrected chi connectivity index (χ0v) is 11.4. The number of nitrogen functional groups attached to an aromatic ring is 1. The molecule has 1 aliphatic rings. The lowest BCUT2D eigenvalue weighted by atomic mass is 10.1. The van der Waals surface area contributed by atoms with E-state index in [0.717, 1.165) is 23.5 Å². The molecule has 2 aromatic rings. The minimum atomic E-state index is 0.156. The largest absolute Gasteiger partial charge is 0.454 e. The zero-order valence-electron chi connectivity index (χ0n) is 10.6. The van der Waals surface area contributed by atoms with E-state index in [9.17, 15) is 0 Å². The fourth-order valence-corrected chi connectivity index (χ4v) is 2.15. The summed E-state index contributed by atoms with van der Waals surface area (Å²) in [5, 5.41) is 3.48. The Hall–Kier alpha value is -2.21. The van der Waals surface area contributed by atoms with Gasteiger partial charge >= 0.3 is 0 Å². The topological polar surface area (TPSA) is 82.3 Å². The number of halogens is 1. The first-order valence-corrected chi connectivity index (χ1v) is 6.51. The summed E-state index contributed by atoms with van der Waals surface area (Å²) in [7, 11) is 0. The van der Waals surface area contributed by atoms with Crippen molar-refractivity contribution < 1.29 is 9.47 Å². The molecular formula is C13H13ClN4O2. The van der Waals surface area contributed by atoms with Crippen molar-refractivity contribution in [3.05, 3.63) is 35.0 Å². The van der Waals surface area contributed by atoms with E-state index in [0.29, 0.717) is 17.5 Å². The third kappa shape index (κ3) is 2.85. The van der Waals surface area contributed by atoms with E-state index in [1.807, 2.05) is 18.2 Å². The van der Waals surface area contributed by atoms with Gasteiger partial charge in [0.1, 0.15) is 11.0 Å². The molecule has 3 N–H and O–H groups in total. The first-order valence-electron chi connectivity index (χ1n) is 6.13. The lowest BCUT2D eigenvalue weighted by Crippen LogP contribution is -2.08. The Morgan fingerprint density at radius 1 is 1.20 bits per heavy atom. The number of hydrogen-bond acceptors (Lipinski definition) is 6. The van der Waals surface area contributed by atoms with Crippen molar-refractivity contribution in [3.63, 3.8) is 0 Å². The van der Waals surface area contributed by atoms with Crippen LogP contribution in [0.5, 0.6) is 11.5 Å². The van der Waals surface area contributed by atoms with E-state index in [-0.39, 0.29) is 12.7 Å². The summed E-state index contributed by atoms with van der Waals surface area (Å²) in [6.45, 7) is 0.988. The molecule has 20 heavy (non-hydrogen) atoms. The van der Waals surface area contributed by atoms with Crippen LogP contribution in [-0.2, 0) is 6.42 Å². The summed E-state index contributed by atoms with van der Waals surface area (Å²) >= 11 is 5.81. The highest BCUT2D eigenvalue weighted by atomic mass is 35.5. The molecule has 0 aliphatic carbocycles. The first-order chi connectivity index (χ1) is 9.70. The van der Waals surface area contributed by atoms with Crippen LogP contribution in [0.3, 0.4) is 0 Å². The maximum atomic E-state index is 5.81. The minimum Gasteiger partial charge on any atom is -0.454 e. The lowest BCUT2D eigenvalue weighted by molar-refractivity contribution is 0.174. The van der Waals surface area contributed by atoms with E-state index in [4.69, 9.17) is 26.8 Å². The van der Waals surface area contributed by atoms with Gasteiger partial charge in [-0.3, -0.25) is 0 Å². The van der Waals surface area contributed by atoms with Crippen LogP contribution >= 0.6 is 11.6 Å². The molecule has 7 heteroatoms. The average molecular weight is 293 g/mol. The number of ether oxygens (including phenoxy) is 2. The Balaban J connectivity index is 1.59. The summed E-state index contributed by atoms with van der Waals surface area (Å²) in [6.07, 6.45) is 0.818. The van der Waals surface area contributed by atoms with Crippen molar-refractivity contribution in [2.75, 3.05) is 24.4 Å². The molecule has 2 heterocycles. The van der Waals surface area contributed by atoms with E-state index in [1.54, 1.807) is 6.07 Å². The van der Waals surface area contributed by atoms with Crippen LogP contribution in [0, 0.1) is 0 Å². The molecule has 0 bridgehead atoms. The third-order valence-electron chi connectivity index (χ3n) is 2.87. The van der Waals surface area contributed by atoms with Crippen molar-refractivity contribution in [1.82, 2.24) is 9.97 Å². The maximum absolute atomic E-state index is 5.81. The van der Waals surface area contributed by atoms with E-state index >= 15 is 0 Å². The van der Waals surface area contributed by atoms with Crippen molar-refractivity contribution in [2.45, 2.75) is 6.42 Å². The van der Waals surface area contributed by atoms with Crippen LogP contribution in [0.1, 0.15) is 5.56 Å². The number of hydrogen-bond donors (Lipinski definition) is 2. The molecule has 0 saturated heterocycles. The summed E-state index contributed by atoms with van der Waals surface area (Å²) in [5.41, 5.74) is 6.67. The molecule has 0 radical (unpaired) electrons. The Morgan fingerprint density at radius 2 is 2.05 bits per heavy atom. The number of aromatic nitrogens is 2. The van der Waals surface area contributed by atoms with Gasteiger partial charge in [0.2, 0.25) is 12.7 Å². The lowest BCUT2D eigenvalue weighted by Gasteiger charge is -2.07. The molecule has 0 fully saturated rings. The predicted molar refractivity (Wildman–Crippen MR) is 76.2 cm³/mol.